The number of nitrogens with zero attached hydrogens (tertiary/aromatic N) is 4. The van der Waals surface area contributed by atoms with Gasteiger partial charge in [0.15, 0.2) is 0 Å². The molecule has 9 heteroatoms. The minimum absolute atomic E-state index is 0.0131. The molecule has 2 N–H and O–H groups in total. The molecule has 2 heterocycles. The van der Waals surface area contributed by atoms with Crippen LogP contribution in [0.3, 0.4) is 0 Å². The summed E-state index contributed by atoms with van der Waals surface area (Å²) in [6, 6.07) is 7.05. The van der Waals surface area contributed by atoms with E-state index in [1.165, 1.54) is 57.8 Å². The third-order valence-electron chi connectivity index (χ3n) is 10.7. The van der Waals surface area contributed by atoms with Crippen LogP contribution in [0.5, 0.6) is 0 Å². The Morgan fingerprint density at radius 2 is 1.70 bits per heavy atom. The van der Waals surface area contributed by atoms with Crippen molar-refractivity contribution < 1.29 is 9.59 Å². The fourth-order valence-electron chi connectivity index (χ4n) is 8.27. The highest BCUT2D eigenvalue weighted by Gasteiger charge is 2.43. The molecular weight excluding hydrogens is 560 g/mol. The third kappa shape index (κ3) is 8.59. The monoisotopic (exact) mass is 610 g/mol. The first-order valence-corrected chi connectivity index (χ1v) is 17.1. The average molecular weight is 611 g/mol. The largest absolute Gasteiger partial charge is 0.344 e. The van der Waals surface area contributed by atoms with Crippen LogP contribution in [-0.4, -0.2) is 64.2 Å². The number of amides is 2. The number of benzene rings is 1. The minimum Gasteiger partial charge on any atom is -0.344 e. The second-order valence-electron chi connectivity index (χ2n) is 13.5. The summed E-state index contributed by atoms with van der Waals surface area (Å²) in [5.41, 5.74) is 1.13. The van der Waals surface area contributed by atoms with Crippen molar-refractivity contribution in [3.05, 3.63) is 47.5 Å². The van der Waals surface area contributed by atoms with Crippen LogP contribution in [-0.2, 0) is 22.6 Å². The van der Waals surface area contributed by atoms with E-state index in [1.54, 1.807) is 6.33 Å². The van der Waals surface area contributed by atoms with Crippen LogP contribution >= 0.6 is 11.6 Å². The predicted molar refractivity (Wildman–Crippen MR) is 171 cm³/mol. The minimum atomic E-state index is -0.578. The van der Waals surface area contributed by atoms with E-state index >= 15 is 0 Å². The van der Waals surface area contributed by atoms with Gasteiger partial charge in [-0.05, 0) is 93.0 Å². The van der Waals surface area contributed by atoms with E-state index in [9.17, 15) is 9.59 Å². The van der Waals surface area contributed by atoms with Gasteiger partial charge in [0.25, 0.3) is 0 Å². The Labute approximate surface area is 262 Å². The van der Waals surface area contributed by atoms with Crippen molar-refractivity contribution in [1.82, 2.24) is 30.3 Å². The van der Waals surface area contributed by atoms with Crippen LogP contribution in [0.1, 0.15) is 89.0 Å². The Kier molecular flexibility index (Phi) is 11.5. The summed E-state index contributed by atoms with van der Waals surface area (Å²) in [7, 11) is 2.01. The van der Waals surface area contributed by atoms with Crippen LogP contribution in [0.25, 0.3) is 0 Å². The standard InChI is InChI=1S/C34H51ClN6O2/c1-36-22-28-8-6-5-7-27(28)13-16-32(42)39-31(21-26-11-14-30(35)15-12-26)33(43)40-19-17-34(18-20-40,23-41-25-37-24-38-41)29-9-3-2-4-10-29/h11-12,14-15,24-25,27-29,31,36H,2-10,13,16-23H2,1H3,(H,39,42)/t27?,28?,31-/m1/s1. The average Bonchev–Trinajstić information content (AvgIpc) is 3.55. The number of hydrogen-bond acceptors (Lipinski definition) is 5. The van der Waals surface area contributed by atoms with Gasteiger partial charge in [-0.3, -0.25) is 14.3 Å². The number of likely N-dealkylation sites (tertiary alicyclic amines) is 1. The fraction of sp³-hybridized carbons (Fsp3) is 0.706. The molecule has 3 atom stereocenters. The lowest BCUT2D eigenvalue weighted by Crippen LogP contribution is -2.54. The molecule has 3 fully saturated rings. The van der Waals surface area contributed by atoms with Crippen molar-refractivity contribution in [2.75, 3.05) is 26.7 Å². The molecule has 1 aliphatic heterocycles. The molecule has 1 saturated heterocycles. The number of carbonyl (C=O) groups excluding carboxylic acids is 2. The molecule has 236 valence electrons. The lowest BCUT2D eigenvalue weighted by Gasteiger charge is -2.48. The summed E-state index contributed by atoms with van der Waals surface area (Å²) in [5.74, 6) is 1.87. The van der Waals surface area contributed by atoms with E-state index in [2.05, 4.69) is 20.7 Å². The highest BCUT2D eigenvalue weighted by Crippen LogP contribution is 2.47. The first-order valence-electron chi connectivity index (χ1n) is 16.8. The summed E-state index contributed by atoms with van der Waals surface area (Å²) in [6.07, 6.45) is 18.6. The zero-order valence-electron chi connectivity index (χ0n) is 26.0. The number of hydrogen-bond donors (Lipinski definition) is 2. The van der Waals surface area contributed by atoms with E-state index in [1.807, 2.05) is 47.2 Å². The van der Waals surface area contributed by atoms with Crippen LogP contribution in [0.15, 0.2) is 36.9 Å². The molecule has 2 saturated carbocycles. The van der Waals surface area contributed by atoms with Gasteiger partial charge in [-0.2, -0.15) is 5.10 Å². The van der Waals surface area contributed by atoms with Crippen LogP contribution in [0.4, 0.5) is 0 Å². The molecule has 2 aliphatic carbocycles. The summed E-state index contributed by atoms with van der Waals surface area (Å²) in [4.78, 5) is 33.7. The van der Waals surface area contributed by atoms with Gasteiger partial charge in [-0.25, -0.2) is 4.98 Å². The van der Waals surface area contributed by atoms with Gasteiger partial charge in [0.05, 0.1) is 0 Å². The van der Waals surface area contributed by atoms with E-state index in [0.29, 0.717) is 48.7 Å². The molecule has 8 nitrogen and oxygen atoms in total. The second kappa shape index (κ2) is 15.5. The number of rotatable bonds is 12. The molecule has 0 radical (unpaired) electrons. The Balaban J connectivity index is 1.24. The maximum absolute atomic E-state index is 14.1. The quantitative estimate of drug-likeness (QED) is 0.324. The molecule has 0 bridgehead atoms. The molecule has 3 aliphatic rings. The van der Waals surface area contributed by atoms with E-state index in [-0.39, 0.29) is 17.2 Å². The Morgan fingerprint density at radius 3 is 2.37 bits per heavy atom. The normalized spacial score (nSPS) is 23.5. The Hall–Kier alpha value is -2.45. The van der Waals surface area contributed by atoms with Gasteiger partial charge in [0.2, 0.25) is 11.8 Å². The zero-order chi connectivity index (χ0) is 30.1. The zero-order valence-corrected chi connectivity index (χ0v) is 26.7. The van der Waals surface area contributed by atoms with Gasteiger partial charge in [0.1, 0.15) is 18.7 Å². The summed E-state index contributed by atoms with van der Waals surface area (Å²) < 4.78 is 1.99. The van der Waals surface area contributed by atoms with Gasteiger partial charge in [0, 0.05) is 37.5 Å². The molecule has 0 spiro atoms. The summed E-state index contributed by atoms with van der Waals surface area (Å²) in [5, 5.41) is 11.6. The number of nitrogens with one attached hydrogen (secondary N) is 2. The summed E-state index contributed by atoms with van der Waals surface area (Å²) >= 11 is 6.15. The molecule has 5 rings (SSSR count). The smallest absolute Gasteiger partial charge is 0.245 e. The van der Waals surface area contributed by atoms with Gasteiger partial charge in [-0.1, -0.05) is 62.3 Å². The second-order valence-corrected chi connectivity index (χ2v) is 13.9. The van der Waals surface area contributed by atoms with Crippen molar-refractivity contribution in [2.24, 2.45) is 23.2 Å². The highest BCUT2D eigenvalue weighted by molar-refractivity contribution is 6.30. The maximum atomic E-state index is 14.1. The van der Waals surface area contributed by atoms with E-state index < -0.39 is 6.04 Å². The number of piperidine rings is 1. The predicted octanol–water partition coefficient (Wildman–Crippen LogP) is 5.65. The van der Waals surface area contributed by atoms with Crippen molar-refractivity contribution in [1.29, 1.82) is 0 Å². The van der Waals surface area contributed by atoms with Crippen LogP contribution in [0, 0.1) is 23.2 Å². The molecule has 43 heavy (non-hydrogen) atoms. The van der Waals surface area contributed by atoms with Crippen molar-refractivity contribution >= 4 is 23.4 Å². The maximum Gasteiger partial charge on any atom is 0.245 e. The van der Waals surface area contributed by atoms with Crippen molar-refractivity contribution in [3.63, 3.8) is 0 Å². The van der Waals surface area contributed by atoms with Gasteiger partial charge < -0.3 is 15.5 Å². The SMILES string of the molecule is CNCC1CCCCC1CCC(=O)N[C@H](Cc1ccc(Cl)cc1)C(=O)N1CCC(Cn2cncn2)(C2CCCCC2)CC1. The van der Waals surface area contributed by atoms with Crippen LogP contribution < -0.4 is 10.6 Å². The highest BCUT2D eigenvalue weighted by atomic mass is 35.5. The van der Waals surface area contributed by atoms with Crippen molar-refractivity contribution in [2.45, 2.75) is 102 Å². The fourth-order valence-corrected chi connectivity index (χ4v) is 8.40. The van der Waals surface area contributed by atoms with Gasteiger partial charge in [-0.15, -0.1) is 0 Å². The third-order valence-corrected chi connectivity index (χ3v) is 11.0. The lowest BCUT2D eigenvalue weighted by molar-refractivity contribution is -0.139. The topological polar surface area (TPSA) is 92.2 Å². The van der Waals surface area contributed by atoms with Crippen molar-refractivity contribution in [3.8, 4) is 0 Å². The number of halogens is 1. The first kappa shape index (κ1) is 32.0. The first-order chi connectivity index (χ1) is 21.0. The van der Waals surface area contributed by atoms with E-state index in [0.717, 1.165) is 37.9 Å². The molecule has 2 amide bonds. The van der Waals surface area contributed by atoms with Gasteiger partial charge >= 0.3 is 0 Å². The number of aromatic nitrogens is 3. The molecule has 1 aromatic heterocycles. The van der Waals surface area contributed by atoms with Crippen LogP contribution in [0.2, 0.25) is 5.02 Å². The molecule has 1 aromatic carbocycles. The van der Waals surface area contributed by atoms with E-state index in [4.69, 9.17) is 11.6 Å². The molecule has 2 unspecified atom stereocenters. The number of carbonyl (C=O) groups is 2. The lowest BCUT2D eigenvalue weighted by atomic mass is 9.63. The molecule has 2 aromatic rings. The Bertz CT molecular complexity index is 1140. The molecular formula is C34H51ClN6O2. The summed E-state index contributed by atoms with van der Waals surface area (Å²) in [6.45, 7) is 3.30. The Morgan fingerprint density at radius 1 is 1.00 bits per heavy atom.